The zero-order valence-corrected chi connectivity index (χ0v) is 18.6. The van der Waals surface area contributed by atoms with Crippen molar-refractivity contribution in [3.63, 3.8) is 0 Å². The Balaban J connectivity index is 0.00000261. The number of halogens is 1. The fourth-order valence-corrected chi connectivity index (χ4v) is 3.18. The highest BCUT2D eigenvalue weighted by Gasteiger charge is 2.25. The van der Waals surface area contributed by atoms with Crippen molar-refractivity contribution in [2.75, 3.05) is 26.8 Å². The number of rotatable bonds is 6. The molecular formula is C19H29IN6O. The molecule has 0 spiro atoms. The SMILES string of the molecule is COCC1CCN(C(=NCc2ccccc2)NCc2nnc(C)n2C)C1.I. The lowest BCUT2D eigenvalue weighted by Gasteiger charge is -2.22. The molecule has 1 aliphatic rings. The number of hydrogen-bond acceptors (Lipinski definition) is 4. The van der Waals surface area contributed by atoms with E-state index in [9.17, 15) is 0 Å². The number of ether oxygens (including phenoxy) is 1. The van der Waals surface area contributed by atoms with Crippen molar-refractivity contribution in [3.8, 4) is 0 Å². The summed E-state index contributed by atoms with van der Waals surface area (Å²) in [5.41, 5.74) is 1.20. The van der Waals surface area contributed by atoms with E-state index in [4.69, 9.17) is 9.73 Å². The van der Waals surface area contributed by atoms with E-state index in [0.29, 0.717) is 19.0 Å². The molecule has 8 heteroatoms. The number of methoxy groups -OCH3 is 1. The van der Waals surface area contributed by atoms with Crippen LogP contribution in [0, 0.1) is 12.8 Å². The van der Waals surface area contributed by atoms with Crippen LogP contribution < -0.4 is 5.32 Å². The Labute approximate surface area is 178 Å². The Morgan fingerprint density at radius 3 is 2.74 bits per heavy atom. The van der Waals surface area contributed by atoms with Gasteiger partial charge in [0.2, 0.25) is 0 Å². The van der Waals surface area contributed by atoms with Crippen LogP contribution in [0.4, 0.5) is 0 Å². The van der Waals surface area contributed by atoms with Crippen LogP contribution >= 0.6 is 24.0 Å². The Morgan fingerprint density at radius 1 is 1.30 bits per heavy atom. The molecule has 2 aromatic rings. The van der Waals surface area contributed by atoms with Gasteiger partial charge in [-0.1, -0.05) is 30.3 Å². The monoisotopic (exact) mass is 484 g/mol. The zero-order valence-electron chi connectivity index (χ0n) is 16.3. The van der Waals surface area contributed by atoms with E-state index in [1.54, 1.807) is 7.11 Å². The molecule has 1 fully saturated rings. The van der Waals surface area contributed by atoms with Crippen molar-refractivity contribution in [1.82, 2.24) is 25.0 Å². The van der Waals surface area contributed by atoms with E-state index in [-0.39, 0.29) is 24.0 Å². The molecular weight excluding hydrogens is 455 g/mol. The molecule has 0 saturated carbocycles. The maximum absolute atomic E-state index is 5.32. The fourth-order valence-electron chi connectivity index (χ4n) is 3.18. The molecule has 3 rings (SSSR count). The summed E-state index contributed by atoms with van der Waals surface area (Å²) in [6, 6.07) is 10.3. The van der Waals surface area contributed by atoms with Gasteiger partial charge in [-0.15, -0.1) is 34.2 Å². The minimum atomic E-state index is 0. The molecule has 27 heavy (non-hydrogen) atoms. The van der Waals surface area contributed by atoms with Gasteiger partial charge >= 0.3 is 0 Å². The van der Waals surface area contributed by atoms with E-state index in [1.807, 2.05) is 36.7 Å². The molecule has 0 bridgehead atoms. The smallest absolute Gasteiger partial charge is 0.194 e. The van der Waals surface area contributed by atoms with E-state index in [2.05, 4.69) is 32.5 Å². The van der Waals surface area contributed by atoms with Gasteiger partial charge in [0.15, 0.2) is 11.8 Å². The number of nitrogens with zero attached hydrogens (tertiary/aromatic N) is 5. The maximum Gasteiger partial charge on any atom is 0.194 e. The molecule has 1 saturated heterocycles. The van der Waals surface area contributed by atoms with Crippen molar-refractivity contribution in [2.45, 2.75) is 26.4 Å². The second-order valence-electron chi connectivity index (χ2n) is 6.76. The molecule has 0 amide bonds. The van der Waals surface area contributed by atoms with Gasteiger partial charge in [0, 0.05) is 33.2 Å². The normalized spacial score (nSPS) is 17.1. The summed E-state index contributed by atoms with van der Waals surface area (Å²) in [6.07, 6.45) is 1.13. The van der Waals surface area contributed by atoms with Crippen molar-refractivity contribution in [1.29, 1.82) is 0 Å². The first-order chi connectivity index (χ1) is 12.7. The number of aromatic nitrogens is 3. The number of likely N-dealkylation sites (tertiary alicyclic amines) is 1. The standard InChI is InChI=1S/C19H28N6O.HI/c1-15-22-23-18(24(15)2)12-21-19(20-11-16-7-5-4-6-8-16)25-10-9-17(13-25)14-26-3;/h4-8,17H,9-14H2,1-3H3,(H,20,21);1H. The predicted octanol–water partition coefficient (Wildman–Crippen LogP) is 2.36. The molecule has 2 heterocycles. The van der Waals surface area contributed by atoms with Gasteiger partial charge < -0.3 is 19.5 Å². The van der Waals surface area contributed by atoms with Crippen molar-refractivity contribution in [2.24, 2.45) is 18.0 Å². The molecule has 148 valence electrons. The van der Waals surface area contributed by atoms with Crippen LogP contribution in [0.15, 0.2) is 35.3 Å². The lowest BCUT2D eigenvalue weighted by atomic mass is 10.1. The van der Waals surface area contributed by atoms with Gasteiger partial charge in [0.1, 0.15) is 5.82 Å². The lowest BCUT2D eigenvalue weighted by molar-refractivity contribution is 0.157. The number of hydrogen-bond donors (Lipinski definition) is 1. The highest BCUT2D eigenvalue weighted by Crippen LogP contribution is 2.17. The molecule has 0 radical (unpaired) electrons. The molecule has 1 N–H and O–H groups in total. The predicted molar refractivity (Wildman–Crippen MR) is 117 cm³/mol. The van der Waals surface area contributed by atoms with Crippen LogP contribution in [0.1, 0.15) is 23.6 Å². The molecule has 1 aromatic carbocycles. The van der Waals surface area contributed by atoms with Crippen molar-refractivity contribution >= 4 is 29.9 Å². The molecule has 1 unspecified atom stereocenters. The van der Waals surface area contributed by atoms with Gasteiger partial charge in [0.25, 0.3) is 0 Å². The van der Waals surface area contributed by atoms with E-state index in [0.717, 1.165) is 43.7 Å². The zero-order chi connectivity index (χ0) is 18.4. The Morgan fingerprint density at radius 2 is 2.07 bits per heavy atom. The van der Waals surface area contributed by atoms with Crippen molar-refractivity contribution < 1.29 is 4.74 Å². The highest BCUT2D eigenvalue weighted by atomic mass is 127. The van der Waals surface area contributed by atoms with Crippen LogP contribution in [0.5, 0.6) is 0 Å². The number of benzene rings is 1. The summed E-state index contributed by atoms with van der Waals surface area (Å²) < 4.78 is 7.32. The summed E-state index contributed by atoms with van der Waals surface area (Å²) >= 11 is 0. The van der Waals surface area contributed by atoms with Crippen LogP contribution in [-0.2, 0) is 24.9 Å². The third kappa shape index (κ3) is 5.90. The average molecular weight is 484 g/mol. The van der Waals surface area contributed by atoms with Gasteiger partial charge in [-0.25, -0.2) is 4.99 Å². The van der Waals surface area contributed by atoms with E-state index < -0.39 is 0 Å². The minimum Gasteiger partial charge on any atom is -0.384 e. The first-order valence-corrected chi connectivity index (χ1v) is 9.08. The Kier molecular flexibility index (Phi) is 8.49. The first-order valence-electron chi connectivity index (χ1n) is 9.08. The lowest BCUT2D eigenvalue weighted by Crippen LogP contribution is -2.40. The second kappa shape index (κ2) is 10.6. The fraction of sp³-hybridized carbons (Fsp3) is 0.526. The number of aliphatic imine (C=N–C) groups is 1. The van der Waals surface area contributed by atoms with Crippen LogP contribution in [0.3, 0.4) is 0 Å². The van der Waals surface area contributed by atoms with Crippen LogP contribution in [0.2, 0.25) is 0 Å². The largest absolute Gasteiger partial charge is 0.384 e. The van der Waals surface area contributed by atoms with Gasteiger partial charge in [-0.3, -0.25) is 0 Å². The van der Waals surface area contributed by atoms with Crippen LogP contribution in [0.25, 0.3) is 0 Å². The third-order valence-electron chi connectivity index (χ3n) is 4.83. The van der Waals surface area contributed by atoms with Crippen LogP contribution in [-0.4, -0.2) is 52.4 Å². The summed E-state index contributed by atoms with van der Waals surface area (Å²) in [4.78, 5) is 7.17. The first kappa shape index (κ1) is 21.6. The van der Waals surface area contributed by atoms with Gasteiger partial charge in [-0.05, 0) is 18.9 Å². The van der Waals surface area contributed by atoms with E-state index >= 15 is 0 Å². The minimum absolute atomic E-state index is 0. The number of nitrogens with one attached hydrogen (secondary N) is 1. The topological polar surface area (TPSA) is 67.6 Å². The third-order valence-corrected chi connectivity index (χ3v) is 4.83. The quantitative estimate of drug-likeness (QED) is 0.388. The summed E-state index contributed by atoms with van der Waals surface area (Å²) in [5.74, 6) is 3.29. The molecule has 1 aromatic heterocycles. The Bertz CT molecular complexity index is 733. The number of aryl methyl sites for hydroxylation is 1. The molecule has 7 nitrogen and oxygen atoms in total. The second-order valence-corrected chi connectivity index (χ2v) is 6.76. The maximum atomic E-state index is 5.32. The summed E-state index contributed by atoms with van der Waals surface area (Å²) in [5, 5.41) is 11.8. The number of guanidine groups is 1. The molecule has 0 aliphatic carbocycles. The van der Waals surface area contributed by atoms with Gasteiger partial charge in [0.05, 0.1) is 19.7 Å². The van der Waals surface area contributed by atoms with Gasteiger partial charge in [-0.2, -0.15) is 0 Å². The average Bonchev–Trinajstić information content (AvgIpc) is 3.24. The molecule has 1 atom stereocenters. The summed E-state index contributed by atoms with van der Waals surface area (Å²) in [7, 11) is 3.75. The van der Waals surface area contributed by atoms with E-state index in [1.165, 1.54) is 5.56 Å². The highest BCUT2D eigenvalue weighted by molar-refractivity contribution is 14.0. The molecule has 1 aliphatic heterocycles. The van der Waals surface area contributed by atoms with Crippen molar-refractivity contribution in [3.05, 3.63) is 47.5 Å². The Hall–Kier alpha value is -1.68. The summed E-state index contributed by atoms with van der Waals surface area (Å²) in [6.45, 7) is 5.98.